The van der Waals surface area contributed by atoms with Gasteiger partial charge in [-0.05, 0) is 68.4 Å². The highest BCUT2D eigenvalue weighted by molar-refractivity contribution is 7.15. The number of imide groups is 2. The van der Waals surface area contributed by atoms with Crippen LogP contribution in [0.15, 0.2) is 42.0 Å². The van der Waals surface area contributed by atoms with Gasteiger partial charge in [-0.25, -0.2) is 4.79 Å². The minimum absolute atomic E-state index is 0.0709. The summed E-state index contributed by atoms with van der Waals surface area (Å²) in [4.78, 5) is 40.5. The number of nitrogens with zero attached hydrogens (tertiary/aromatic N) is 3. The number of urea groups is 1. The summed E-state index contributed by atoms with van der Waals surface area (Å²) in [5.41, 5.74) is 5.01. The van der Waals surface area contributed by atoms with Gasteiger partial charge in [0.05, 0.1) is 12.1 Å². The topological polar surface area (TPSA) is 95.2 Å². The lowest BCUT2D eigenvalue weighted by molar-refractivity contribution is -0.130. The number of amides is 4. The second-order valence-electron chi connectivity index (χ2n) is 8.86. The molecule has 0 bridgehead atoms. The van der Waals surface area contributed by atoms with Crippen molar-refractivity contribution in [3.8, 4) is 11.1 Å². The predicted molar refractivity (Wildman–Crippen MR) is 133 cm³/mol. The SMILES string of the molecule is Cc1cc(/C=C2\C(=O)NC(=O)N(Cc3ccccc3)C2=O)c(C)n1-c1sc2c(c1C#N)CCCC2. The fourth-order valence-electron chi connectivity index (χ4n) is 4.83. The summed E-state index contributed by atoms with van der Waals surface area (Å²) in [5, 5.41) is 13.1. The van der Waals surface area contributed by atoms with Gasteiger partial charge in [0.25, 0.3) is 11.8 Å². The van der Waals surface area contributed by atoms with Gasteiger partial charge in [-0.1, -0.05) is 30.3 Å². The Morgan fingerprint density at radius 3 is 2.60 bits per heavy atom. The molecule has 1 aliphatic heterocycles. The monoisotopic (exact) mass is 484 g/mol. The Bertz CT molecular complexity index is 1440. The molecular formula is C27H24N4O3S. The number of aryl methyl sites for hydroxylation is 2. The molecule has 1 saturated heterocycles. The van der Waals surface area contributed by atoms with Gasteiger partial charge in [0.15, 0.2) is 0 Å². The molecule has 2 aliphatic rings. The van der Waals surface area contributed by atoms with E-state index in [1.54, 1.807) is 17.4 Å². The zero-order valence-electron chi connectivity index (χ0n) is 19.6. The Labute approximate surface area is 207 Å². The molecule has 0 unspecified atom stereocenters. The van der Waals surface area contributed by atoms with Gasteiger partial charge in [0.2, 0.25) is 0 Å². The summed E-state index contributed by atoms with van der Waals surface area (Å²) in [6, 6.07) is 12.7. The van der Waals surface area contributed by atoms with Crippen molar-refractivity contribution >= 4 is 35.3 Å². The number of aromatic nitrogens is 1. The van der Waals surface area contributed by atoms with E-state index in [1.807, 2.05) is 54.8 Å². The Morgan fingerprint density at radius 2 is 1.86 bits per heavy atom. The molecule has 7 nitrogen and oxygen atoms in total. The first-order valence-electron chi connectivity index (χ1n) is 11.6. The quantitative estimate of drug-likeness (QED) is 0.434. The van der Waals surface area contributed by atoms with E-state index in [2.05, 4.69) is 11.4 Å². The van der Waals surface area contributed by atoms with E-state index in [0.29, 0.717) is 5.56 Å². The highest BCUT2D eigenvalue weighted by Gasteiger charge is 2.36. The van der Waals surface area contributed by atoms with Crippen molar-refractivity contribution in [2.75, 3.05) is 0 Å². The van der Waals surface area contributed by atoms with Crippen molar-refractivity contribution in [1.29, 1.82) is 5.26 Å². The predicted octanol–water partition coefficient (Wildman–Crippen LogP) is 4.57. The second-order valence-corrected chi connectivity index (χ2v) is 9.94. The Hall–Kier alpha value is -3.96. The van der Waals surface area contributed by atoms with Crippen LogP contribution in [-0.2, 0) is 29.0 Å². The van der Waals surface area contributed by atoms with Crippen LogP contribution in [0.2, 0.25) is 0 Å². The van der Waals surface area contributed by atoms with Crippen LogP contribution < -0.4 is 5.32 Å². The van der Waals surface area contributed by atoms with Gasteiger partial charge < -0.3 is 4.57 Å². The molecule has 0 spiro atoms. The fourth-order valence-corrected chi connectivity index (χ4v) is 6.28. The van der Waals surface area contributed by atoms with Crippen LogP contribution in [-0.4, -0.2) is 27.3 Å². The van der Waals surface area contributed by atoms with Gasteiger partial charge in [-0.2, -0.15) is 5.26 Å². The number of fused-ring (bicyclic) bond motifs is 1. The number of carbonyl (C=O) groups is 3. The second kappa shape index (κ2) is 9.01. The molecule has 5 rings (SSSR count). The molecule has 35 heavy (non-hydrogen) atoms. The van der Waals surface area contributed by atoms with E-state index in [0.717, 1.165) is 63.7 Å². The lowest BCUT2D eigenvalue weighted by atomic mass is 9.96. The maximum atomic E-state index is 13.2. The first-order valence-corrected chi connectivity index (χ1v) is 12.4. The van der Waals surface area contributed by atoms with E-state index >= 15 is 0 Å². The molecule has 0 atom stereocenters. The van der Waals surface area contributed by atoms with Crippen LogP contribution in [0.4, 0.5) is 4.79 Å². The highest BCUT2D eigenvalue weighted by atomic mass is 32.1. The maximum absolute atomic E-state index is 13.2. The first kappa shape index (κ1) is 22.8. The molecule has 1 fully saturated rings. The summed E-state index contributed by atoms with van der Waals surface area (Å²) in [6.45, 7) is 3.93. The molecule has 176 valence electrons. The number of hydrogen-bond donors (Lipinski definition) is 1. The van der Waals surface area contributed by atoms with E-state index in [-0.39, 0.29) is 12.1 Å². The molecule has 8 heteroatoms. The normalized spacial score (nSPS) is 16.9. The van der Waals surface area contributed by atoms with Gasteiger partial charge >= 0.3 is 6.03 Å². The van der Waals surface area contributed by atoms with Gasteiger partial charge in [-0.15, -0.1) is 11.3 Å². The number of nitriles is 1. The van der Waals surface area contributed by atoms with Crippen LogP contribution in [0.3, 0.4) is 0 Å². The number of thiophene rings is 1. The number of carbonyl (C=O) groups excluding carboxylic acids is 3. The van der Waals surface area contributed by atoms with Gasteiger partial charge in [0.1, 0.15) is 16.6 Å². The smallest absolute Gasteiger partial charge is 0.308 e. The molecule has 3 aromatic rings. The van der Waals surface area contributed by atoms with E-state index in [9.17, 15) is 19.6 Å². The largest absolute Gasteiger partial charge is 0.331 e. The summed E-state index contributed by atoms with van der Waals surface area (Å²) < 4.78 is 2.03. The van der Waals surface area contributed by atoms with Crippen molar-refractivity contribution in [3.63, 3.8) is 0 Å². The van der Waals surface area contributed by atoms with Gasteiger partial charge in [0, 0.05) is 16.3 Å². The van der Waals surface area contributed by atoms with Crippen molar-refractivity contribution in [2.45, 2.75) is 46.1 Å². The van der Waals surface area contributed by atoms with Crippen molar-refractivity contribution in [2.24, 2.45) is 0 Å². The number of barbiturate groups is 1. The Kier molecular flexibility index (Phi) is 5.87. The van der Waals surface area contributed by atoms with Crippen LogP contribution in [0.5, 0.6) is 0 Å². The minimum Gasteiger partial charge on any atom is -0.308 e. The Morgan fingerprint density at radius 1 is 1.11 bits per heavy atom. The number of nitrogens with one attached hydrogen (secondary N) is 1. The molecule has 3 heterocycles. The standard InChI is InChI=1S/C27H24N4O3S/c1-16-12-19(17(2)31(16)26-22(14-28)20-10-6-7-11-23(20)35-26)13-21-24(32)29-27(34)30(25(21)33)15-18-8-4-3-5-9-18/h3-5,8-9,12-13H,6-7,10-11,15H2,1-2H3,(H,29,32,34)/b21-13+. The first-order chi connectivity index (χ1) is 16.9. The molecule has 0 saturated carbocycles. The van der Waals surface area contributed by atoms with E-state index in [1.165, 1.54) is 4.88 Å². The molecule has 4 amide bonds. The molecule has 1 N–H and O–H groups in total. The fraction of sp³-hybridized carbons (Fsp3) is 0.259. The number of hydrogen-bond acceptors (Lipinski definition) is 5. The minimum atomic E-state index is -0.727. The van der Waals surface area contributed by atoms with Crippen molar-refractivity contribution < 1.29 is 14.4 Å². The molecule has 2 aromatic heterocycles. The lowest BCUT2D eigenvalue weighted by Gasteiger charge is -2.26. The van der Waals surface area contributed by atoms with E-state index < -0.39 is 17.8 Å². The van der Waals surface area contributed by atoms with Crippen molar-refractivity contribution in [1.82, 2.24) is 14.8 Å². The highest BCUT2D eigenvalue weighted by Crippen LogP contribution is 2.38. The lowest BCUT2D eigenvalue weighted by Crippen LogP contribution is -2.53. The zero-order chi connectivity index (χ0) is 24.7. The van der Waals surface area contributed by atoms with Crippen LogP contribution in [0.25, 0.3) is 11.1 Å². The van der Waals surface area contributed by atoms with Crippen LogP contribution in [0.1, 0.15) is 51.4 Å². The number of benzene rings is 1. The van der Waals surface area contributed by atoms with E-state index in [4.69, 9.17) is 0 Å². The third-order valence-corrected chi connectivity index (χ3v) is 7.88. The molecule has 1 aliphatic carbocycles. The summed E-state index contributed by atoms with van der Waals surface area (Å²) in [6.07, 6.45) is 5.68. The summed E-state index contributed by atoms with van der Waals surface area (Å²) in [7, 11) is 0. The van der Waals surface area contributed by atoms with Crippen LogP contribution >= 0.6 is 11.3 Å². The average molecular weight is 485 g/mol. The maximum Gasteiger partial charge on any atom is 0.331 e. The van der Waals surface area contributed by atoms with Crippen LogP contribution in [0, 0.1) is 25.2 Å². The van der Waals surface area contributed by atoms with Crippen molar-refractivity contribution in [3.05, 3.63) is 80.5 Å². The summed E-state index contributed by atoms with van der Waals surface area (Å²) >= 11 is 1.65. The Balaban J connectivity index is 1.53. The average Bonchev–Trinajstić information content (AvgIpc) is 3.35. The third kappa shape index (κ3) is 3.98. The third-order valence-electron chi connectivity index (χ3n) is 6.61. The number of rotatable bonds is 4. The molecule has 0 radical (unpaired) electrons. The zero-order valence-corrected chi connectivity index (χ0v) is 20.4. The molecular weight excluding hydrogens is 460 g/mol. The molecule has 1 aromatic carbocycles. The van der Waals surface area contributed by atoms with Gasteiger partial charge in [-0.3, -0.25) is 19.8 Å². The summed E-state index contributed by atoms with van der Waals surface area (Å²) in [5.74, 6) is -1.34.